The molecule has 17 heteroatoms. The molecule has 0 radical (unpaired) electrons. The predicted octanol–water partition coefficient (Wildman–Crippen LogP) is 7.56. The van der Waals surface area contributed by atoms with Gasteiger partial charge >= 0.3 is 30.0 Å². The van der Waals surface area contributed by atoms with Crippen LogP contribution in [0.5, 0.6) is 0 Å². The summed E-state index contributed by atoms with van der Waals surface area (Å²) in [6, 6.07) is 8.94. The normalized spacial score (nSPS) is 31.1. The first-order chi connectivity index (χ1) is 31.8. The van der Waals surface area contributed by atoms with Crippen LogP contribution in [0.1, 0.15) is 140 Å². The molecule has 2 bridgehead atoms. The highest BCUT2D eigenvalue weighted by atomic mass is 28.4. The van der Waals surface area contributed by atoms with Gasteiger partial charge < -0.3 is 48.4 Å². The van der Waals surface area contributed by atoms with Crippen molar-refractivity contribution in [2.45, 2.75) is 207 Å². The van der Waals surface area contributed by atoms with Gasteiger partial charge in [0, 0.05) is 32.1 Å². The van der Waals surface area contributed by atoms with Crippen molar-refractivity contribution in [3.8, 4) is 0 Å². The number of hydrogen-bond acceptors (Lipinski definition) is 15. The van der Waals surface area contributed by atoms with Gasteiger partial charge in [-0.25, -0.2) is 14.4 Å². The van der Waals surface area contributed by atoms with Crippen LogP contribution in [0.25, 0.3) is 0 Å². The molecular weight excluding hydrogens is 907 g/mol. The van der Waals surface area contributed by atoms with Crippen molar-refractivity contribution in [2.75, 3.05) is 6.61 Å². The Labute approximate surface area is 409 Å². The van der Waals surface area contributed by atoms with E-state index in [-0.39, 0.29) is 42.1 Å². The molecule has 69 heavy (non-hydrogen) atoms. The van der Waals surface area contributed by atoms with E-state index in [9.17, 15) is 29.4 Å². The zero-order valence-electron chi connectivity index (χ0n) is 43.7. The number of hydrogen-bond donors (Lipinski definition) is 3. The Balaban J connectivity index is 1.85. The first-order valence-electron chi connectivity index (χ1n) is 24.7. The maximum atomic E-state index is 16.4. The lowest BCUT2D eigenvalue weighted by atomic mass is 9.44. The molecule has 1 aliphatic heterocycles. The second-order valence-electron chi connectivity index (χ2n) is 22.3. The minimum absolute atomic E-state index is 0.0790. The topological polar surface area (TPSA) is 220 Å². The molecule has 1 aromatic rings. The number of fused-ring (bicyclic) bond motifs is 5. The molecule has 4 aliphatic rings. The second-order valence-corrected chi connectivity index (χ2v) is 27.0. The van der Waals surface area contributed by atoms with E-state index in [1.807, 2.05) is 34.6 Å². The van der Waals surface area contributed by atoms with Crippen molar-refractivity contribution < 1.29 is 71.8 Å². The predicted molar refractivity (Wildman–Crippen MR) is 257 cm³/mol. The molecule has 0 aromatic heterocycles. The number of amides is 1. The third-order valence-corrected chi connectivity index (χ3v) is 20.5. The van der Waals surface area contributed by atoms with Gasteiger partial charge in [0.2, 0.25) is 0 Å². The Hall–Kier alpha value is -4.16. The first-order valence-corrected chi connectivity index (χ1v) is 27.2. The van der Waals surface area contributed by atoms with Gasteiger partial charge in [-0.1, -0.05) is 80.5 Å². The molecule has 5 rings (SSSR count). The summed E-state index contributed by atoms with van der Waals surface area (Å²) in [5.74, 6) is -6.68. The van der Waals surface area contributed by atoms with E-state index in [2.05, 4.69) is 5.32 Å². The van der Waals surface area contributed by atoms with Gasteiger partial charge in [0.05, 0.1) is 35.6 Å². The number of aliphatic hydroxyl groups is 2. The summed E-state index contributed by atoms with van der Waals surface area (Å²) in [5, 5.41) is 29.6. The van der Waals surface area contributed by atoms with E-state index < -0.39 is 132 Å². The number of rotatable bonds is 16. The summed E-state index contributed by atoms with van der Waals surface area (Å²) >= 11 is 0. The number of nitrogens with one attached hydrogen (secondary N) is 1. The second kappa shape index (κ2) is 20.2. The van der Waals surface area contributed by atoms with Gasteiger partial charge in [-0.05, 0) is 94.3 Å². The van der Waals surface area contributed by atoms with Gasteiger partial charge in [0.15, 0.2) is 31.4 Å². The molecule has 1 saturated heterocycles. The van der Waals surface area contributed by atoms with Crippen LogP contribution in [0.3, 0.4) is 0 Å². The maximum Gasteiger partial charge on any atom is 0.407 e. The molecule has 16 nitrogen and oxygen atoms in total. The number of ether oxygens (including phenoxy) is 6. The van der Waals surface area contributed by atoms with E-state index in [1.165, 1.54) is 6.92 Å². The minimum Gasteiger partial charge on any atom is -0.456 e. The number of ketones is 1. The molecule has 11 atom stereocenters. The van der Waals surface area contributed by atoms with Gasteiger partial charge in [0.25, 0.3) is 0 Å². The smallest absolute Gasteiger partial charge is 0.407 e. The van der Waals surface area contributed by atoms with E-state index in [0.717, 1.165) is 6.92 Å². The molecule has 2 saturated carbocycles. The Morgan fingerprint density at radius 2 is 1.51 bits per heavy atom. The van der Waals surface area contributed by atoms with Crippen molar-refractivity contribution >= 4 is 44.1 Å². The molecule has 3 aliphatic carbocycles. The number of alkyl carbamates (subject to hydrolysis) is 1. The van der Waals surface area contributed by atoms with Crippen LogP contribution in [-0.4, -0.2) is 120 Å². The number of benzene rings is 1. The molecule has 3 fully saturated rings. The zero-order valence-corrected chi connectivity index (χ0v) is 44.7. The van der Waals surface area contributed by atoms with Crippen LogP contribution in [0, 0.1) is 28.6 Å². The van der Waals surface area contributed by atoms with Crippen molar-refractivity contribution in [3.05, 3.63) is 47.0 Å². The molecule has 0 unspecified atom stereocenters. The van der Waals surface area contributed by atoms with Crippen LogP contribution in [0.15, 0.2) is 41.5 Å². The minimum atomic E-state index is -2.64. The number of carbonyl (C=O) groups is 6. The summed E-state index contributed by atoms with van der Waals surface area (Å²) in [5.41, 5.74) is -10.4. The molecular formula is C52H79NO15Si. The fourth-order valence-corrected chi connectivity index (χ4v) is 14.7. The lowest BCUT2D eigenvalue weighted by Gasteiger charge is -2.68. The monoisotopic (exact) mass is 986 g/mol. The summed E-state index contributed by atoms with van der Waals surface area (Å²) in [7, 11) is -2.64. The quantitative estimate of drug-likeness (QED) is 0.0630. The van der Waals surface area contributed by atoms with Crippen molar-refractivity contribution in [1.29, 1.82) is 0 Å². The number of esters is 4. The van der Waals surface area contributed by atoms with E-state index in [1.54, 1.807) is 92.6 Å². The van der Waals surface area contributed by atoms with Crippen LogP contribution >= 0.6 is 0 Å². The average Bonchev–Trinajstić information content (AvgIpc) is 3.24. The Morgan fingerprint density at radius 1 is 0.913 bits per heavy atom. The van der Waals surface area contributed by atoms with E-state index >= 15 is 9.59 Å². The SMILES string of the molecule is CC[Si](CC)(CC)O[C@H]1C[C@H]2OC[C@@]2(OC(C)=O)[C@H]2[C@H](OC(=O)c3ccccc3)[C@]3(O)C[C@H](OC(=O)[C@](O)(C(C)C)[C@H](CC(C)C)NC(=O)OC(C)(C)C)C(C)=C([C@@H](OC(C)=O)C(=O)[C@]12C)C3(C)C. The summed E-state index contributed by atoms with van der Waals surface area (Å²) in [4.78, 5) is 86.3. The number of carbonyl (C=O) groups excluding carboxylic acids is 6. The van der Waals surface area contributed by atoms with Gasteiger partial charge in [-0.3, -0.25) is 14.4 Å². The first kappa shape index (κ1) is 55.8. The molecule has 3 N–H and O–H groups in total. The Bertz CT molecular complexity index is 2140. The molecule has 1 aromatic carbocycles. The van der Waals surface area contributed by atoms with Crippen molar-refractivity contribution in [3.63, 3.8) is 0 Å². The van der Waals surface area contributed by atoms with Crippen LogP contribution < -0.4 is 5.32 Å². The zero-order chi connectivity index (χ0) is 52.0. The fraction of sp³-hybridized carbons (Fsp3) is 0.731. The van der Waals surface area contributed by atoms with Crippen LogP contribution in [-0.2, 0) is 52.0 Å². The van der Waals surface area contributed by atoms with E-state index in [0.29, 0.717) is 18.1 Å². The standard InChI is InChI=1S/C52H79NO15Si/c1-17-69(18-2,19-3)68-37-26-38-50(28-62-38,66-33(10)55)41-43(65-44(57)34-23-21-20-22-24-34)51(60)27-35(31(8)39(48(51,14)15)40(63-32(9)54)42(56)49(37,41)16)64-45(58)52(61,30(6)7)36(25-29(4)5)53-46(59)67-47(11,12)13/h20-24,29-30,35-38,40-41,43,60-61H,17-19,25-28H2,1-16H3,(H,53,59)/t35-,36-,37-,38+,40+,41-,43-,49+,50-,51+,52-/m0/s1. The van der Waals surface area contributed by atoms with Gasteiger partial charge in [0.1, 0.15) is 29.5 Å². The van der Waals surface area contributed by atoms with Crippen molar-refractivity contribution in [2.24, 2.45) is 28.6 Å². The molecule has 386 valence electrons. The summed E-state index contributed by atoms with van der Waals surface area (Å²) in [6.07, 6.45) is -8.00. The lowest BCUT2D eigenvalue weighted by Crippen LogP contribution is -2.82. The van der Waals surface area contributed by atoms with Gasteiger partial charge in [-0.15, -0.1) is 0 Å². The highest BCUT2D eigenvalue weighted by Gasteiger charge is 2.79. The average molecular weight is 986 g/mol. The summed E-state index contributed by atoms with van der Waals surface area (Å²) in [6.45, 7) is 26.8. The third kappa shape index (κ3) is 10.1. The number of Topliss-reactive ketones (excluding diaryl/α,β-unsaturated/α-hetero) is 1. The largest absolute Gasteiger partial charge is 0.456 e. The summed E-state index contributed by atoms with van der Waals surface area (Å²) < 4.78 is 44.7. The molecule has 1 amide bonds. The highest BCUT2D eigenvalue weighted by Crippen LogP contribution is 2.65. The van der Waals surface area contributed by atoms with Crippen molar-refractivity contribution in [1.82, 2.24) is 5.32 Å². The fourth-order valence-electron chi connectivity index (χ4n) is 11.7. The third-order valence-electron chi connectivity index (χ3n) is 15.9. The Kier molecular flexibility index (Phi) is 16.3. The van der Waals surface area contributed by atoms with Crippen LogP contribution in [0.4, 0.5) is 4.79 Å². The van der Waals surface area contributed by atoms with Gasteiger partial charge in [-0.2, -0.15) is 0 Å². The Morgan fingerprint density at radius 3 is 1.99 bits per heavy atom. The van der Waals surface area contributed by atoms with Crippen LogP contribution in [0.2, 0.25) is 18.1 Å². The maximum absolute atomic E-state index is 16.4. The lowest BCUT2D eigenvalue weighted by molar-refractivity contribution is -0.344. The molecule has 0 spiro atoms. The van der Waals surface area contributed by atoms with E-state index in [4.69, 9.17) is 32.8 Å². The highest BCUT2D eigenvalue weighted by molar-refractivity contribution is 6.73. The molecule has 1 heterocycles.